The average molecular weight is 442 g/mol. The van der Waals surface area contributed by atoms with E-state index in [1.54, 1.807) is 30.0 Å². The number of benzene rings is 2. The maximum atomic E-state index is 13.3. The van der Waals surface area contributed by atoms with Gasteiger partial charge in [-0.3, -0.25) is 9.59 Å². The van der Waals surface area contributed by atoms with Crippen molar-refractivity contribution in [1.82, 2.24) is 10.2 Å². The number of hydrogen-bond donors (Lipinski definition) is 1. The fraction of sp³-hybridized carbons (Fsp3) is 0.375. The molecule has 0 spiro atoms. The van der Waals surface area contributed by atoms with Crippen molar-refractivity contribution in [2.45, 2.75) is 38.6 Å². The van der Waals surface area contributed by atoms with Crippen LogP contribution in [0.5, 0.6) is 5.75 Å². The highest BCUT2D eigenvalue weighted by Gasteiger charge is 2.24. The second-order valence-electron chi connectivity index (χ2n) is 7.57. The Labute approximate surface area is 186 Å². The van der Waals surface area contributed by atoms with Crippen LogP contribution in [0.4, 0.5) is 9.18 Å². The molecule has 1 fully saturated rings. The molecule has 2 aromatic rings. The number of rotatable bonds is 7. The number of carbonyl (C=O) groups excluding carboxylic acids is 3. The van der Waals surface area contributed by atoms with E-state index in [1.165, 1.54) is 24.3 Å². The van der Waals surface area contributed by atoms with Crippen LogP contribution in [-0.4, -0.2) is 48.6 Å². The molecule has 1 N–H and O–H groups in total. The molecule has 170 valence electrons. The third kappa shape index (κ3) is 6.80. The summed E-state index contributed by atoms with van der Waals surface area (Å²) in [6.07, 6.45) is 1.38. The van der Waals surface area contributed by atoms with E-state index in [2.05, 4.69) is 5.32 Å². The zero-order valence-electron chi connectivity index (χ0n) is 18.0. The van der Waals surface area contributed by atoms with Gasteiger partial charge in [0.25, 0.3) is 5.91 Å². The van der Waals surface area contributed by atoms with Crippen LogP contribution in [0.25, 0.3) is 0 Å². The minimum absolute atomic E-state index is 0.0229. The van der Waals surface area contributed by atoms with Gasteiger partial charge in [-0.2, -0.15) is 0 Å². The number of aryl methyl sites for hydroxylation is 1. The van der Waals surface area contributed by atoms with Crippen molar-refractivity contribution in [2.75, 3.05) is 19.7 Å². The van der Waals surface area contributed by atoms with Gasteiger partial charge in [-0.15, -0.1) is 0 Å². The Bertz CT molecular complexity index is 940. The lowest BCUT2D eigenvalue weighted by molar-refractivity contribution is -0.132. The van der Waals surface area contributed by atoms with E-state index in [0.717, 1.165) is 5.56 Å². The molecule has 0 bridgehead atoms. The van der Waals surface area contributed by atoms with Crippen molar-refractivity contribution >= 4 is 18.0 Å². The van der Waals surface area contributed by atoms with Gasteiger partial charge >= 0.3 is 6.16 Å². The molecule has 1 aliphatic rings. The maximum Gasteiger partial charge on any atom is 0.513 e. The molecule has 1 saturated heterocycles. The Morgan fingerprint density at radius 1 is 1.09 bits per heavy atom. The second kappa shape index (κ2) is 11.3. The van der Waals surface area contributed by atoms with Crippen molar-refractivity contribution < 1.29 is 28.2 Å². The molecular weight excluding hydrogens is 415 g/mol. The molecule has 2 aromatic carbocycles. The summed E-state index contributed by atoms with van der Waals surface area (Å²) in [4.78, 5) is 38.1. The predicted octanol–water partition coefficient (Wildman–Crippen LogP) is 3.71. The normalized spacial score (nSPS) is 14.0. The van der Waals surface area contributed by atoms with Crippen LogP contribution >= 0.6 is 0 Å². The predicted molar refractivity (Wildman–Crippen MR) is 116 cm³/mol. The minimum atomic E-state index is -0.790. The van der Waals surface area contributed by atoms with Crippen molar-refractivity contribution in [1.29, 1.82) is 0 Å². The van der Waals surface area contributed by atoms with E-state index in [1.807, 2.05) is 6.07 Å². The molecule has 1 heterocycles. The van der Waals surface area contributed by atoms with E-state index < -0.39 is 6.16 Å². The van der Waals surface area contributed by atoms with Crippen LogP contribution < -0.4 is 10.1 Å². The number of likely N-dealkylation sites (tertiary alicyclic amines) is 1. The molecule has 0 radical (unpaired) electrons. The zero-order valence-corrected chi connectivity index (χ0v) is 18.0. The third-order valence-electron chi connectivity index (χ3n) is 5.28. The standard InChI is InChI=1S/C24H27FN2O5/c1-2-31-24(30)32-21-9-7-18(8-10-21)23(29)26-20-12-14-27(15-13-20)22(28)11-6-17-4-3-5-19(25)16-17/h3-5,7-10,16,20H,2,6,11-15H2,1H3,(H,26,29). The number of carbonyl (C=O) groups is 3. The molecule has 8 heteroatoms. The number of piperidine rings is 1. The first kappa shape index (κ1) is 23.2. The van der Waals surface area contributed by atoms with E-state index in [4.69, 9.17) is 9.47 Å². The zero-order chi connectivity index (χ0) is 22.9. The number of hydrogen-bond acceptors (Lipinski definition) is 5. The first-order valence-electron chi connectivity index (χ1n) is 10.7. The maximum absolute atomic E-state index is 13.3. The molecule has 7 nitrogen and oxygen atoms in total. The molecule has 3 rings (SSSR count). The highest BCUT2D eigenvalue weighted by molar-refractivity contribution is 5.94. The summed E-state index contributed by atoms with van der Waals surface area (Å²) in [6, 6.07) is 12.5. The molecule has 32 heavy (non-hydrogen) atoms. The van der Waals surface area contributed by atoms with Gasteiger partial charge in [-0.05, 0) is 68.1 Å². The monoisotopic (exact) mass is 442 g/mol. The molecular formula is C24H27FN2O5. The number of nitrogens with one attached hydrogen (secondary N) is 1. The Morgan fingerprint density at radius 2 is 1.81 bits per heavy atom. The smallest absolute Gasteiger partial charge is 0.434 e. The molecule has 1 aliphatic heterocycles. The lowest BCUT2D eigenvalue weighted by Gasteiger charge is -2.32. The summed E-state index contributed by atoms with van der Waals surface area (Å²) in [7, 11) is 0. The quantitative estimate of drug-likeness (QED) is 0.522. The van der Waals surface area contributed by atoms with E-state index in [0.29, 0.717) is 50.1 Å². The van der Waals surface area contributed by atoms with Gasteiger partial charge in [-0.1, -0.05) is 12.1 Å². The summed E-state index contributed by atoms with van der Waals surface area (Å²) in [5.74, 6) is -0.183. The summed E-state index contributed by atoms with van der Waals surface area (Å²) < 4.78 is 22.9. The van der Waals surface area contributed by atoms with Crippen molar-refractivity contribution in [3.8, 4) is 5.75 Å². The topological polar surface area (TPSA) is 84.9 Å². The molecule has 2 amide bonds. The van der Waals surface area contributed by atoms with E-state index in [9.17, 15) is 18.8 Å². The Kier molecular flexibility index (Phi) is 8.19. The Morgan fingerprint density at radius 3 is 2.47 bits per heavy atom. The lowest BCUT2D eigenvalue weighted by atomic mass is 10.0. The summed E-state index contributed by atoms with van der Waals surface area (Å²) in [5, 5.41) is 2.99. The van der Waals surface area contributed by atoms with Crippen molar-refractivity contribution in [3.05, 3.63) is 65.5 Å². The number of nitrogens with zero attached hydrogens (tertiary/aromatic N) is 1. The van der Waals surface area contributed by atoms with E-state index in [-0.39, 0.29) is 30.3 Å². The van der Waals surface area contributed by atoms with Gasteiger partial charge in [-0.25, -0.2) is 9.18 Å². The minimum Gasteiger partial charge on any atom is -0.434 e. The largest absolute Gasteiger partial charge is 0.513 e. The summed E-state index contributed by atoms with van der Waals surface area (Å²) in [5.41, 5.74) is 1.26. The van der Waals surface area contributed by atoms with Crippen molar-refractivity contribution in [3.63, 3.8) is 0 Å². The summed E-state index contributed by atoms with van der Waals surface area (Å²) in [6.45, 7) is 3.04. The van der Waals surface area contributed by atoms with Crippen LogP contribution in [0.3, 0.4) is 0 Å². The lowest BCUT2D eigenvalue weighted by Crippen LogP contribution is -2.46. The Balaban J connectivity index is 1.41. The average Bonchev–Trinajstić information content (AvgIpc) is 2.78. The number of ether oxygens (including phenoxy) is 2. The molecule has 0 unspecified atom stereocenters. The first-order valence-corrected chi connectivity index (χ1v) is 10.7. The van der Waals surface area contributed by atoms with Gasteiger partial charge in [0.1, 0.15) is 11.6 Å². The van der Waals surface area contributed by atoms with Crippen LogP contribution in [0.2, 0.25) is 0 Å². The second-order valence-corrected chi connectivity index (χ2v) is 7.57. The van der Waals surface area contributed by atoms with Gasteiger partial charge in [0.05, 0.1) is 6.61 Å². The molecule has 0 atom stereocenters. The van der Waals surface area contributed by atoms with Gasteiger partial charge in [0.2, 0.25) is 5.91 Å². The fourth-order valence-corrected chi connectivity index (χ4v) is 3.56. The highest BCUT2D eigenvalue weighted by Crippen LogP contribution is 2.16. The molecule has 0 saturated carbocycles. The summed E-state index contributed by atoms with van der Waals surface area (Å²) >= 11 is 0. The highest BCUT2D eigenvalue weighted by atomic mass is 19.1. The number of halogens is 1. The molecule has 0 aromatic heterocycles. The fourth-order valence-electron chi connectivity index (χ4n) is 3.56. The van der Waals surface area contributed by atoms with Crippen molar-refractivity contribution in [2.24, 2.45) is 0 Å². The van der Waals surface area contributed by atoms with E-state index >= 15 is 0 Å². The molecule has 0 aliphatic carbocycles. The van der Waals surface area contributed by atoms with Gasteiger partial charge in [0.15, 0.2) is 0 Å². The van der Waals surface area contributed by atoms with Crippen LogP contribution in [0.1, 0.15) is 42.1 Å². The van der Waals surface area contributed by atoms with Crippen LogP contribution in [0.15, 0.2) is 48.5 Å². The Hall–Kier alpha value is -3.42. The first-order chi connectivity index (χ1) is 15.4. The van der Waals surface area contributed by atoms with Crippen LogP contribution in [0, 0.1) is 5.82 Å². The third-order valence-corrected chi connectivity index (χ3v) is 5.28. The number of amides is 2. The van der Waals surface area contributed by atoms with Crippen LogP contribution in [-0.2, 0) is 16.0 Å². The van der Waals surface area contributed by atoms with Gasteiger partial charge in [0, 0.05) is 31.1 Å². The van der Waals surface area contributed by atoms with Gasteiger partial charge < -0.3 is 19.7 Å². The SMILES string of the molecule is CCOC(=O)Oc1ccc(C(=O)NC2CCN(C(=O)CCc3cccc(F)c3)CC2)cc1.